The minimum absolute atomic E-state index is 0.0268. The summed E-state index contributed by atoms with van der Waals surface area (Å²) in [5.74, 6) is -3.10. The maximum Gasteiger partial charge on any atom is 0.252 e. The lowest BCUT2D eigenvalue weighted by Gasteiger charge is -2.45. The molecule has 0 amide bonds. The lowest BCUT2D eigenvalue weighted by molar-refractivity contribution is -0.119. The van der Waals surface area contributed by atoms with Crippen molar-refractivity contribution in [2.45, 2.75) is 77.0 Å². The minimum atomic E-state index is -2.53. The molecule has 3 rings (SSSR count). The minimum Gasteiger partial charge on any atom is -0.299 e. The number of rotatable bonds is 5. The number of benzene rings is 1. The molecule has 1 saturated carbocycles. The quantitative estimate of drug-likeness (QED) is 0.753. The first-order chi connectivity index (χ1) is 11.9. The Labute approximate surface area is 151 Å². The van der Waals surface area contributed by atoms with E-state index in [-0.39, 0.29) is 12.5 Å². The van der Waals surface area contributed by atoms with E-state index in [2.05, 4.69) is 35.8 Å². The summed E-state index contributed by atoms with van der Waals surface area (Å²) in [5, 5.41) is 0. The molecule has 1 aliphatic heterocycles. The summed E-state index contributed by atoms with van der Waals surface area (Å²) in [4.78, 5) is 4.89. The molecule has 2 fully saturated rings. The zero-order chi connectivity index (χ0) is 18.0. The molecule has 0 N–H and O–H groups in total. The zero-order valence-corrected chi connectivity index (χ0v) is 15.8. The van der Waals surface area contributed by atoms with Crippen LogP contribution in [0.2, 0.25) is 0 Å². The predicted molar refractivity (Wildman–Crippen MR) is 98.8 cm³/mol. The molecular weight excluding hydrogens is 318 g/mol. The number of likely N-dealkylation sites (tertiary alicyclic amines) is 1. The molecule has 4 heteroatoms. The average Bonchev–Trinajstić information content (AvgIpc) is 3.06. The van der Waals surface area contributed by atoms with Gasteiger partial charge in [0, 0.05) is 50.1 Å². The van der Waals surface area contributed by atoms with Crippen LogP contribution in [0.3, 0.4) is 0 Å². The summed E-state index contributed by atoms with van der Waals surface area (Å²) in [6.45, 7) is 9.06. The Morgan fingerprint density at radius 2 is 1.92 bits per heavy atom. The lowest BCUT2D eigenvalue weighted by atomic mass is 9.81. The van der Waals surface area contributed by atoms with Gasteiger partial charge in [-0.1, -0.05) is 37.3 Å². The highest BCUT2D eigenvalue weighted by Crippen LogP contribution is 2.42. The molecule has 25 heavy (non-hydrogen) atoms. The second-order valence-corrected chi connectivity index (χ2v) is 8.20. The van der Waals surface area contributed by atoms with Crippen molar-refractivity contribution in [2.75, 3.05) is 13.1 Å². The van der Waals surface area contributed by atoms with Crippen LogP contribution in [0, 0.1) is 5.92 Å². The molecule has 3 atom stereocenters. The Balaban J connectivity index is 1.81. The van der Waals surface area contributed by atoms with Crippen LogP contribution in [-0.2, 0) is 6.54 Å². The second-order valence-electron chi connectivity index (χ2n) is 8.20. The van der Waals surface area contributed by atoms with Crippen LogP contribution in [0.4, 0.5) is 8.78 Å². The number of halogens is 2. The number of nitrogens with zero attached hydrogens (tertiary/aromatic N) is 2. The monoisotopic (exact) mass is 350 g/mol. The van der Waals surface area contributed by atoms with E-state index in [4.69, 9.17) is 0 Å². The van der Waals surface area contributed by atoms with Gasteiger partial charge < -0.3 is 0 Å². The fourth-order valence-electron chi connectivity index (χ4n) is 4.58. The third kappa shape index (κ3) is 4.22. The SMILES string of the molecule is CC(C)N1CC[C@H](N(Cc2ccccc2)[C@H]2CCCC(F)(F)[C@@H]2C)C1. The fourth-order valence-corrected chi connectivity index (χ4v) is 4.58. The van der Waals surface area contributed by atoms with Crippen LogP contribution in [0.25, 0.3) is 0 Å². The van der Waals surface area contributed by atoms with Gasteiger partial charge in [-0.05, 0) is 38.7 Å². The van der Waals surface area contributed by atoms with Crippen molar-refractivity contribution in [1.29, 1.82) is 0 Å². The van der Waals surface area contributed by atoms with Gasteiger partial charge in [-0.2, -0.15) is 0 Å². The molecule has 2 nitrogen and oxygen atoms in total. The summed E-state index contributed by atoms with van der Waals surface area (Å²) in [6.07, 6.45) is 2.65. The summed E-state index contributed by atoms with van der Waals surface area (Å²) < 4.78 is 28.8. The maximum atomic E-state index is 14.4. The van der Waals surface area contributed by atoms with E-state index in [9.17, 15) is 8.78 Å². The lowest BCUT2D eigenvalue weighted by Crippen LogP contribution is -2.53. The number of hydrogen-bond acceptors (Lipinski definition) is 2. The Morgan fingerprint density at radius 3 is 2.56 bits per heavy atom. The Hall–Kier alpha value is -1.00. The summed E-state index contributed by atoms with van der Waals surface area (Å²) in [6, 6.07) is 11.2. The van der Waals surface area contributed by atoms with E-state index >= 15 is 0 Å². The van der Waals surface area contributed by atoms with Gasteiger partial charge in [0.2, 0.25) is 0 Å². The summed E-state index contributed by atoms with van der Waals surface area (Å²) >= 11 is 0. The first-order valence-electron chi connectivity index (χ1n) is 9.80. The molecule has 0 radical (unpaired) electrons. The van der Waals surface area contributed by atoms with Crippen LogP contribution < -0.4 is 0 Å². The van der Waals surface area contributed by atoms with Crippen LogP contribution in [0.1, 0.15) is 52.0 Å². The van der Waals surface area contributed by atoms with Gasteiger partial charge in [0.1, 0.15) is 0 Å². The van der Waals surface area contributed by atoms with Gasteiger partial charge in [0.15, 0.2) is 0 Å². The van der Waals surface area contributed by atoms with Crippen LogP contribution in [0.5, 0.6) is 0 Å². The van der Waals surface area contributed by atoms with Crippen molar-refractivity contribution in [3.8, 4) is 0 Å². The predicted octanol–water partition coefficient (Wildman–Crippen LogP) is 4.80. The molecule has 1 aromatic carbocycles. The van der Waals surface area contributed by atoms with Gasteiger partial charge >= 0.3 is 0 Å². The molecule has 1 saturated heterocycles. The highest BCUT2D eigenvalue weighted by Gasteiger charge is 2.47. The van der Waals surface area contributed by atoms with Gasteiger partial charge in [0.05, 0.1) is 0 Å². The fraction of sp³-hybridized carbons (Fsp3) is 0.714. The largest absolute Gasteiger partial charge is 0.299 e. The molecule has 140 valence electrons. The molecule has 1 heterocycles. The van der Waals surface area contributed by atoms with E-state index in [0.717, 1.165) is 32.5 Å². The first-order valence-corrected chi connectivity index (χ1v) is 9.80. The van der Waals surface area contributed by atoms with E-state index in [0.29, 0.717) is 18.5 Å². The third-order valence-corrected chi connectivity index (χ3v) is 6.28. The second kappa shape index (κ2) is 7.71. The van der Waals surface area contributed by atoms with Crippen LogP contribution in [0.15, 0.2) is 30.3 Å². The van der Waals surface area contributed by atoms with Crippen molar-refractivity contribution >= 4 is 0 Å². The van der Waals surface area contributed by atoms with Gasteiger partial charge in [-0.3, -0.25) is 9.80 Å². The van der Waals surface area contributed by atoms with E-state index in [1.165, 1.54) is 5.56 Å². The molecule has 1 aromatic rings. The highest BCUT2D eigenvalue weighted by molar-refractivity contribution is 5.15. The normalized spacial score (nSPS) is 30.3. The Bertz CT molecular complexity index is 546. The van der Waals surface area contributed by atoms with Crippen LogP contribution >= 0.6 is 0 Å². The van der Waals surface area contributed by atoms with Crippen molar-refractivity contribution < 1.29 is 8.78 Å². The molecule has 0 aromatic heterocycles. The van der Waals surface area contributed by atoms with Crippen LogP contribution in [-0.4, -0.2) is 46.9 Å². The third-order valence-electron chi connectivity index (χ3n) is 6.28. The van der Waals surface area contributed by atoms with Crippen molar-refractivity contribution in [3.05, 3.63) is 35.9 Å². The summed E-state index contributed by atoms with van der Waals surface area (Å²) in [5.41, 5.74) is 1.23. The topological polar surface area (TPSA) is 6.48 Å². The van der Waals surface area contributed by atoms with E-state index < -0.39 is 11.8 Å². The Kier molecular flexibility index (Phi) is 5.79. The average molecular weight is 350 g/mol. The maximum absolute atomic E-state index is 14.4. The number of alkyl halides is 2. The zero-order valence-electron chi connectivity index (χ0n) is 15.8. The van der Waals surface area contributed by atoms with Crippen molar-refractivity contribution in [3.63, 3.8) is 0 Å². The molecular formula is C21H32F2N2. The number of hydrogen-bond donors (Lipinski definition) is 0. The molecule has 2 aliphatic rings. The Morgan fingerprint density at radius 1 is 1.20 bits per heavy atom. The summed E-state index contributed by atoms with van der Waals surface area (Å²) in [7, 11) is 0. The molecule has 0 spiro atoms. The van der Waals surface area contributed by atoms with Crippen molar-refractivity contribution in [1.82, 2.24) is 9.80 Å². The first kappa shape index (κ1) is 18.8. The van der Waals surface area contributed by atoms with E-state index in [1.807, 2.05) is 18.2 Å². The van der Waals surface area contributed by atoms with Gasteiger partial charge in [0.25, 0.3) is 5.92 Å². The molecule has 0 bridgehead atoms. The van der Waals surface area contributed by atoms with Crippen molar-refractivity contribution in [2.24, 2.45) is 5.92 Å². The standard InChI is InChI=1S/C21H32F2N2/c1-16(2)24-13-11-19(15-24)25(14-18-8-5-4-6-9-18)20-10-7-12-21(22,23)17(20)3/h4-6,8-9,16-17,19-20H,7,10-15H2,1-3H3/t17-,19+,20+/m1/s1. The van der Waals surface area contributed by atoms with E-state index in [1.54, 1.807) is 6.92 Å². The smallest absolute Gasteiger partial charge is 0.252 e. The molecule has 0 unspecified atom stereocenters. The van der Waals surface area contributed by atoms with Gasteiger partial charge in [-0.15, -0.1) is 0 Å². The van der Waals surface area contributed by atoms with Gasteiger partial charge in [-0.25, -0.2) is 8.78 Å². The molecule has 1 aliphatic carbocycles. The highest BCUT2D eigenvalue weighted by atomic mass is 19.3.